The molecule has 0 saturated heterocycles. The van der Waals surface area contributed by atoms with Crippen LogP contribution in [0.2, 0.25) is 0 Å². The fourth-order valence-electron chi connectivity index (χ4n) is 2.16. The number of nitrogens with one attached hydrogen (secondary N) is 1. The first-order valence-electron chi connectivity index (χ1n) is 6.66. The Morgan fingerprint density at radius 2 is 2.05 bits per heavy atom. The number of hydrogen-bond acceptors (Lipinski definition) is 4. The average Bonchev–Trinajstić information content (AvgIpc) is 2.98. The van der Waals surface area contributed by atoms with Crippen LogP contribution in [0, 0.1) is 0 Å². The van der Waals surface area contributed by atoms with Crippen LogP contribution in [0.5, 0.6) is 5.88 Å². The Hall–Kier alpha value is -2.60. The van der Waals surface area contributed by atoms with Gasteiger partial charge in [0.25, 0.3) is 5.56 Å². The van der Waals surface area contributed by atoms with E-state index in [1.54, 1.807) is 6.07 Å². The van der Waals surface area contributed by atoms with Crippen LogP contribution in [0.3, 0.4) is 0 Å². The third kappa shape index (κ3) is 2.66. The lowest BCUT2D eigenvalue weighted by Gasteiger charge is -2.11. The van der Waals surface area contributed by atoms with Gasteiger partial charge in [-0.2, -0.15) is 9.61 Å². The number of aromatic nitrogens is 3. The summed E-state index contributed by atoms with van der Waals surface area (Å²) in [7, 11) is 0. The molecule has 108 valence electrons. The molecule has 2 aromatic heterocycles. The lowest BCUT2D eigenvalue weighted by Crippen LogP contribution is -2.22. The number of ether oxygens (including phenoxy) is 1. The molecule has 3 rings (SSSR count). The highest BCUT2D eigenvalue weighted by molar-refractivity contribution is 5.41. The quantitative estimate of drug-likeness (QED) is 0.736. The molecule has 0 bridgehead atoms. The minimum absolute atomic E-state index is 0.127. The lowest BCUT2D eigenvalue weighted by molar-refractivity contribution is 0.275. The molecule has 3 aromatic rings. The largest absolute Gasteiger partial charge is 0.474 e. The number of aliphatic hydroxyl groups is 1. The molecule has 0 spiro atoms. The first kappa shape index (κ1) is 13.4. The van der Waals surface area contributed by atoms with Gasteiger partial charge in [0.1, 0.15) is 12.3 Å². The molecule has 6 heteroatoms. The Morgan fingerprint density at radius 1 is 1.24 bits per heavy atom. The van der Waals surface area contributed by atoms with E-state index in [0.29, 0.717) is 23.7 Å². The second-order valence-electron chi connectivity index (χ2n) is 4.61. The Labute approximate surface area is 120 Å². The van der Waals surface area contributed by atoms with Gasteiger partial charge in [-0.05, 0) is 5.56 Å². The van der Waals surface area contributed by atoms with E-state index in [-0.39, 0.29) is 18.6 Å². The molecule has 0 aliphatic carbocycles. The summed E-state index contributed by atoms with van der Waals surface area (Å²) in [6, 6.07) is 11.4. The number of aromatic amines is 1. The van der Waals surface area contributed by atoms with Crippen molar-refractivity contribution in [2.24, 2.45) is 0 Å². The standard InChI is InChI=1S/C15H15N3O3/c19-9-7-12-14(21-10-11-4-2-1-3-5-11)17-13-6-8-16-18(13)15(12)20/h1-6,8,17,19H,7,9-10H2. The SMILES string of the molecule is O=c1c(CCO)c(OCc2ccccc2)[nH]c2ccnn12. The van der Waals surface area contributed by atoms with Gasteiger partial charge in [-0.15, -0.1) is 0 Å². The summed E-state index contributed by atoms with van der Waals surface area (Å²) in [6.45, 7) is 0.219. The Kier molecular flexibility index (Phi) is 3.70. The molecule has 1 aromatic carbocycles. The van der Waals surface area contributed by atoms with Gasteiger partial charge in [0.05, 0.1) is 11.8 Å². The van der Waals surface area contributed by atoms with Crippen molar-refractivity contribution in [1.29, 1.82) is 0 Å². The third-order valence-corrected chi connectivity index (χ3v) is 3.20. The number of aliphatic hydroxyl groups excluding tert-OH is 1. The predicted molar refractivity (Wildman–Crippen MR) is 77.4 cm³/mol. The van der Waals surface area contributed by atoms with Gasteiger partial charge in [0.15, 0.2) is 0 Å². The smallest absolute Gasteiger partial charge is 0.281 e. The molecule has 2 N–H and O–H groups in total. The number of H-pyrrole nitrogens is 1. The molecule has 0 radical (unpaired) electrons. The second kappa shape index (κ2) is 5.80. The third-order valence-electron chi connectivity index (χ3n) is 3.20. The topological polar surface area (TPSA) is 79.6 Å². The average molecular weight is 285 g/mol. The van der Waals surface area contributed by atoms with Crippen molar-refractivity contribution < 1.29 is 9.84 Å². The maximum atomic E-state index is 12.3. The summed E-state index contributed by atoms with van der Waals surface area (Å²) < 4.78 is 6.99. The first-order chi connectivity index (χ1) is 10.3. The van der Waals surface area contributed by atoms with Crippen LogP contribution in [0.4, 0.5) is 0 Å². The molecule has 0 unspecified atom stereocenters. The van der Waals surface area contributed by atoms with E-state index in [1.807, 2.05) is 30.3 Å². The number of hydrogen-bond donors (Lipinski definition) is 2. The summed E-state index contributed by atoms with van der Waals surface area (Å²) in [4.78, 5) is 15.3. The molecule has 6 nitrogen and oxygen atoms in total. The van der Waals surface area contributed by atoms with Crippen LogP contribution >= 0.6 is 0 Å². The van der Waals surface area contributed by atoms with Crippen LogP contribution in [-0.2, 0) is 13.0 Å². The first-order valence-corrected chi connectivity index (χ1v) is 6.66. The van der Waals surface area contributed by atoms with E-state index in [2.05, 4.69) is 10.1 Å². The van der Waals surface area contributed by atoms with E-state index < -0.39 is 0 Å². The van der Waals surface area contributed by atoms with Gasteiger partial charge >= 0.3 is 0 Å². The Balaban J connectivity index is 1.96. The molecule has 0 amide bonds. The minimum atomic E-state index is -0.272. The molecule has 0 aliphatic rings. The highest BCUT2D eigenvalue weighted by atomic mass is 16.5. The molecule has 0 fully saturated rings. The Morgan fingerprint density at radius 3 is 2.81 bits per heavy atom. The minimum Gasteiger partial charge on any atom is -0.474 e. The molecule has 0 saturated carbocycles. The van der Waals surface area contributed by atoms with E-state index in [4.69, 9.17) is 9.84 Å². The second-order valence-corrected chi connectivity index (χ2v) is 4.61. The molecule has 21 heavy (non-hydrogen) atoms. The summed E-state index contributed by atoms with van der Waals surface area (Å²) >= 11 is 0. The normalized spacial score (nSPS) is 10.9. The van der Waals surface area contributed by atoms with E-state index in [1.165, 1.54) is 10.7 Å². The highest BCUT2D eigenvalue weighted by Gasteiger charge is 2.13. The van der Waals surface area contributed by atoms with Crippen molar-refractivity contribution in [3.63, 3.8) is 0 Å². The van der Waals surface area contributed by atoms with Gasteiger partial charge in [-0.25, -0.2) is 0 Å². The summed E-state index contributed by atoms with van der Waals surface area (Å²) in [5.74, 6) is 0.380. The summed E-state index contributed by atoms with van der Waals surface area (Å²) in [5.41, 5.74) is 1.68. The maximum absolute atomic E-state index is 12.3. The molecular formula is C15H15N3O3. The summed E-state index contributed by atoms with van der Waals surface area (Å²) in [6.07, 6.45) is 1.76. The van der Waals surface area contributed by atoms with Crippen LogP contribution in [0.15, 0.2) is 47.4 Å². The molecular weight excluding hydrogens is 270 g/mol. The van der Waals surface area contributed by atoms with Gasteiger partial charge in [-0.1, -0.05) is 30.3 Å². The number of fused-ring (bicyclic) bond motifs is 1. The van der Waals surface area contributed by atoms with Crippen molar-refractivity contribution in [3.8, 4) is 5.88 Å². The maximum Gasteiger partial charge on any atom is 0.281 e. The molecule has 0 atom stereocenters. The van der Waals surface area contributed by atoms with Crippen LogP contribution in [0.1, 0.15) is 11.1 Å². The van der Waals surface area contributed by atoms with E-state index >= 15 is 0 Å². The van der Waals surface area contributed by atoms with Gasteiger partial charge in [0, 0.05) is 19.1 Å². The van der Waals surface area contributed by atoms with Crippen molar-refractivity contribution in [2.75, 3.05) is 6.61 Å². The van der Waals surface area contributed by atoms with Crippen LogP contribution in [0.25, 0.3) is 5.65 Å². The van der Waals surface area contributed by atoms with Crippen LogP contribution < -0.4 is 10.3 Å². The van der Waals surface area contributed by atoms with Crippen LogP contribution in [-0.4, -0.2) is 26.3 Å². The van der Waals surface area contributed by atoms with E-state index in [9.17, 15) is 4.79 Å². The molecule has 2 heterocycles. The van der Waals surface area contributed by atoms with Gasteiger partial charge in [0.2, 0.25) is 5.88 Å². The van der Waals surface area contributed by atoms with Crippen molar-refractivity contribution in [1.82, 2.24) is 14.6 Å². The lowest BCUT2D eigenvalue weighted by atomic mass is 10.2. The molecule has 0 aliphatic heterocycles. The number of nitrogens with zero attached hydrogens (tertiary/aromatic N) is 2. The van der Waals surface area contributed by atoms with Crippen molar-refractivity contribution in [2.45, 2.75) is 13.0 Å². The number of benzene rings is 1. The fourth-order valence-corrected chi connectivity index (χ4v) is 2.16. The Bertz CT molecular complexity index is 793. The predicted octanol–water partition coefficient (Wildman–Crippen LogP) is 1.14. The fraction of sp³-hybridized carbons (Fsp3) is 0.200. The zero-order chi connectivity index (χ0) is 14.7. The highest BCUT2D eigenvalue weighted by Crippen LogP contribution is 2.15. The number of rotatable bonds is 5. The van der Waals surface area contributed by atoms with E-state index in [0.717, 1.165) is 5.56 Å². The zero-order valence-electron chi connectivity index (χ0n) is 11.3. The van der Waals surface area contributed by atoms with Gasteiger partial charge in [-0.3, -0.25) is 4.79 Å². The van der Waals surface area contributed by atoms with Gasteiger partial charge < -0.3 is 14.8 Å². The summed E-state index contributed by atoms with van der Waals surface area (Å²) in [5, 5.41) is 13.1. The monoisotopic (exact) mass is 285 g/mol. The zero-order valence-corrected chi connectivity index (χ0v) is 11.3. The van der Waals surface area contributed by atoms with Crippen molar-refractivity contribution in [3.05, 3.63) is 64.1 Å². The van der Waals surface area contributed by atoms with Crippen molar-refractivity contribution >= 4 is 5.65 Å².